The topological polar surface area (TPSA) is 34.1 Å². The first-order chi connectivity index (χ1) is 10.3. The SMILES string of the molecule is CNCc1cc(Oc2cccc(I)c2)nc2ccccc12. The normalized spacial score (nSPS) is 10.8. The number of pyridine rings is 1. The van der Waals surface area contributed by atoms with Crippen LogP contribution in [0.3, 0.4) is 0 Å². The molecule has 0 fully saturated rings. The number of aromatic nitrogens is 1. The van der Waals surface area contributed by atoms with Gasteiger partial charge in [-0.05, 0) is 59.5 Å². The van der Waals surface area contributed by atoms with E-state index in [0.29, 0.717) is 5.88 Å². The van der Waals surface area contributed by atoms with Crippen LogP contribution in [0.5, 0.6) is 11.6 Å². The van der Waals surface area contributed by atoms with E-state index in [-0.39, 0.29) is 0 Å². The van der Waals surface area contributed by atoms with Gasteiger partial charge in [0, 0.05) is 21.6 Å². The molecule has 0 aliphatic heterocycles. The van der Waals surface area contributed by atoms with Crippen molar-refractivity contribution in [2.45, 2.75) is 6.54 Å². The molecule has 0 amide bonds. The monoisotopic (exact) mass is 390 g/mol. The molecule has 1 N–H and O–H groups in total. The molecule has 1 heterocycles. The van der Waals surface area contributed by atoms with Gasteiger partial charge in [0.1, 0.15) is 5.75 Å². The van der Waals surface area contributed by atoms with Crippen LogP contribution in [-0.4, -0.2) is 12.0 Å². The van der Waals surface area contributed by atoms with Crippen LogP contribution in [0.2, 0.25) is 0 Å². The lowest BCUT2D eigenvalue weighted by atomic mass is 10.1. The van der Waals surface area contributed by atoms with Crippen molar-refractivity contribution >= 4 is 33.5 Å². The van der Waals surface area contributed by atoms with Crippen LogP contribution in [0.15, 0.2) is 54.6 Å². The molecule has 3 aromatic rings. The van der Waals surface area contributed by atoms with Crippen molar-refractivity contribution < 1.29 is 4.74 Å². The number of nitrogens with zero attached hydrogens (tertiary/aromatic N) is 1. The highest BCUT2D eigenvalue weighted by Crippen LogP contribution is 2.26. The van der Waals surface area contributed by atoms with E-state index in [1.807, 2.05) is 55.6 Å². The third kappa shape index (κ3) is 3.33. The second kappa shape index (κ2) is 6.41. The van der Waals surface area contributed by atoms with Crippen LogP contribution in [0, 0.1) is 3.57 Å². The van der Waals surface area contributed by atoms with Crippen LogP contribution in [0.4, 0.5) is 0 Å². The lowest BCUT2D eigenvalue weighted by Gasteiger charge is -2.10. The Labute approximate surface area is 137 Å². The third-order valence-electron chi connectivity index (χ3n) is 3.16. The number of para-hydroxylation sites is 1. The van der Waals surface area contributed by atoms with E-state index < -0.39 is 0 Å². The summed E-state index contributed by atoms with van der Waals surface area (Å²) in [5.74, 6) is 1.43. The lowest BCUT2D eigenvalue weighted by molar-refractivity contribution is 0.464. The van der Waals surface area contributed by atoms with Gasteiger partial charge in [-0.1, -0.05) is 24.3 Å². The number of fused-ring (bicyclic) bond motifs is 1. The minimum absolute atomic E-state index is 0.626. The molecule has 0 saturated heterocycles. The van der Waals surface area contributed by atoms with E-state index in [1.165, 1.54) is 5.56 Å². The molecule has 0 bridgehead atoms. The van der Waals surface area contributed by atoms with E-state index in [4.69, 9.17) is 4.74 Å². The minimum Gasteiger partial charge on any atom is -0.439 e. The van der Waals surface area contributed by atoms with Crippen molar-refractivity contribution in [1.82, 2.24) is 10.3 Å². The largest absolute Gasteiger partial charge is 0.439 e. The Morgan fingerprint density at radius 3 is 2.76 bits per heavy atom. The number of hydrogen-bond acceptors (Lipinski definition) is 3. The molecular weight excluding hydrogens is 375 g/mol. The predicted molar refractivity (Wildman–Crippen MR) is 93.7 cm³/mol. The molecule has 0 atom stereocenters. The Morgan fingerprint density at radius 1 is 1.10 bits per heavy atom. The van der Waals surface area contributed by atoms with Gasteiger partial charge in [-0.3, -0.25) is 0 Å². The quantitative estimate of drug-likeness (QED) is 0.673. The average Bonchev–Trinajstić information content (AvgIpc) is 2.47. The summed E-state index contributed by atoms with van der Waals surface area (Å²) in [6.45, 7) is 0.783. The summed E-state index contributed by atoms with van der Waals surface area (Å²) in [6, 6.07) is 18.1. The highest BCUT2D eigenvalue weighted by molar-refractivity contribution is 14.1. The molecule has 4 heteroatoms. The maximum Gasteiger partial charge on any atom is 0.220 e. The maximum absolute atomic E-state index is 5.91. The van der Waals surface area contributed by atoms with Crippen molar-refractivity contribution in [3.05, 3.63) is 63.7 Å². The Kier molecular flexibility index (Phi) is 4.36. The van der Waals surface area contributed by atoms with Crippen molar-refractivity contribution in [3.63, 3.8) is 0 Å². The highest BCUT2D eigenvalue weighted by atomic mass is 127. The van der Waals surface area contributed by atoms with Gasteiger partial charge in [-0.2, -0.15) is 0 Å². The molecule has 106 valence electrons. The first kappa shape index (κ1) is 14.3. The number of rotatable bonds is 4. The fourth-order valence-corrected chi connectivity index (χ4v) is 2.78. The summed E-state index contributed by atoms with van der Waals surface area (Å²) in [5.41, 5.74) is 2.13. The van der Waals surface area contributed by atoms with Gasteiger partial charge in [-0.25, -0.2) is 4.98 Å². The Morgan fingerprint density at radius 2 is 1.95 bits per heavy atom. The van der Waals surface area contributed by atoms with Crippen LogP contribution in [0.25, 0.3) is 10.9 Å². The molecule has 0 radical (unpaired) electrons. The molecule has 1 aromatic heterocycles. The number of halogens is 1. The van der Waals surface area contributed by atoms with Crippen molar-refractivity contribution in [1.29, 1.82) is 0 Å². The van der Waals surface area contributed by atoms with Crippen molar-refractivity contribution in [2.24, 2.45) is 0 Å². The summed E-state index contributed by atoms with van der Waals surface area (Å²) in [7, 11) is 1.94. The van der Waals surface area contributed by atoms with Crippen molar-refractivity contribution in [3.8, 4) is 11.6 Å². The fraction of sp³-hybridized carbons (Fsp3) is 0.118. The molecule has 0 unspecified atom stereocenters. The standard InChI is InChI=1S/C17H15IN2O/c1-19-11-12-9-17(20-16-8-3-2-7-15(12)16)21-14-6-4-5-13(18)10-14/h2-10,19H,11H2,1H3. The zero-order valence-corrected chi connectivity index (χ0v) is 13.8. The zero-order valence-electron chi connectivity index (χ0n) is 11.6. The molecule has 21 heavy (non-hydrogen) atoms. The van der Waals surface area contributed by atoms with E-state index >= 15 is 0 Å². The van der Waals surface area contributed by atoms with Gasteiger partial charge < -0.3 is 10.1 Å². The van der Waals surface area contributed by atoms with Crippen LogP contribution in [-0.2, 0) is 6.54 Å². The number of ether oxygens (including phenoxy) is 1. The molecule has 0 spiro atoms. The lowest BCUT2D eigenvalue weighted by Crippen LogP contribution is -2.06. The van der Waals surface area contributed by atoms with Gasteiger partial charge in [0.05, 0.1) is 5.52 Å². The first-order valence-electron chi connectivity index (χ1n) is 6.73. The Bertz CT molecular complexity index is 774. The van der Waals surface area contributed by atoms with Gasteiger partial charge in [0.25, 0.3) is 0 Å². The van der Waals surface area contributed by atoms with Gasteiger partial charge >= 0.3 is 0 Å². The second-order valence-corrected chi connectivity index (χ2v) is 5.97. The fourth-order valence-electron chi connectivity index (χ4n) is 2.26. The highest BCUT2D eigenvalue weighted by Gasteiger charge is 2.07. The summed E-state index contributed by atoms with van der Waals surface area (Å²) in [5, 5.41) is 4.35. The predicted octanol–water partition coefficient (Wildman–Crippen LogP) is 4.35. The Hall–Kier alpha value is -1.66. The van der Waals surface area contributed by atoms with E-state index in [0.717, 1.165) is 26.8 Å². The number of benzene rings is 2. The summed E-state index contributed by atoms with van der Waals surface area (Å²) in [6.07, 6.45) is 0. The van der Waals surface area contributed by atoms with Crippen LogP contribution >= 0.6 is 22.6 Å². The summed E-state index contributed by atoms with van der Waals surface area (Å²) < 4.78 is 7.05. The van der Waals surface area contributed by atoms with E-state index in [1.54, 1.807) is 0 Å². The number of hydrogen-bond donors (Lipinski definition) is 1. The zero-order chi connectivity index (χ0) is 14.7. The molecular formula is C17H15IN2O. The van der Waals surface area contributed by atoms with Gasteiger partial charge in [0.2, 0.25) is 5.88 Å². The molecule has 0 aliphatic rings. The molecule has 3 nitrogen and oxygen atoms in total. The smallest absolute Gasteiger partial charge is 0.220 e. The Balaban J connectivity index is 2.02. The molecule has 2 aromatic carbocycles. The van der Waals surface area contributed by atoms with Gasteiger partial charge in [0.15, 0.2) is 0 Å². The van der Waals surface area contributed by atoms with Crippen LogP contribution in [0.1, 0.15) is 5.56 Å². The van der Waals surface area contributed by atoms with E-state index in [2.05, 4.69) is 39.0 Å². The molecule has 0 aliphatic carbocycles. The first-order valence-corrected chi connectivity index (χ1v) is 7.81. The summed E-state index contributed by atoms with van der Waals surface area (Å²) in [4.78, 5) is 4.59. The maximum atomic E-state index is 5.91. The second-order valence-electron chi connectivity index (χ2n) is 4.73. The third-order valence-corrected chi connectivity index (χ3v) is 3.84. The van der Waals surface area contributed by atoms with Gasteiger partial charge in [-0.15, -0.1) is 0 Å². The number of nitrogens with one attached hydrogen (secondary N) is 1. The molecule has 3 rings (SSSR count). The minimum atomic E-state index is 0.626. The van der Waals surface area contributed by atoms with Crippen LogP contribution < -0.4 is 10.1 Å². The van der Waals surface area contributed by atoms with E-state index in [9.17, 15) is 0 Å². The van der Waals surface area contributed by atoms with Crippen molar-refractivity contribution in [2.75, 3.05) is 7.05 Å². The average molecular weight is 390 g/mol. The molecule has 0 saturated carbocycles. The summed E-state index contributed by atoms with van der Waals surface area (Å²) >= 11 is 2.27.